The number of hydrogen-bond donors (Lipinski definition) is 0. The third-order valence-corrected chi connectivity index (χ3v) is 4.56. The summed E-state index contributed by atoms with van der Waals surface area (Å²) >= 11 is 7.90. The first-order chi connectivity index (χ1) is 9.20. The van der Waals surface area contributed by atoms with Gasteiger partial charge in [-0.25, -0.2) is 0 Å². The summed E-state index contributed by atoms with van der Waals surface area (Å²) in [5.41, 5.74) is 1.61. The second-order valence-corrected chi connectivity index (χ2v) is 5.74. The molecule has 0 unspecified atom stereocenters. The molecule has 2 heterocycles. The van der Waals surface area contributed by atoms with E-state index < -0.39 is 0 Å². The first-order valence-electron chi connectivity index (χ1n) is 5.91. The molecule has 0 aliphatic carbocycles. The lowest BCUT2D eigenvalue weighted by Gasteiger charge is -2.09. The smallest absolute Gasteiger partial charge is 0.270 e. The van der Waals surface area contributed by atoms with Crippen molar-refractivity contribution in [1.82, 2.24) is 4.57 Å². The van der Waals surface area contributed by atoms with Crippen molar-refractivity contribution in [1.29, 1.82) is 0 Å². The van der Waals surface area contributed by atoms with Crippen LogP contribution < -0.4 is 10.3 Å². The van der Waals surface area contributed by atoms with E-state index in [4.69, 9.17) is 16.3 Å². The molecule has 3 rings (SSSR count). The summed E-state index contributed by atoms with van der Waals surface area (Å²) in [6.07, 6.45) is 0. The first kappa shape index (κ1) is 12.6. The molecule has 0 amide bonds. The van der Waals surface area contributed by atoms with Crippen LogP contribution in [0, 0.1) is 0 Å². The molecule has 0 radical (unpaired) electrons. The second kappa shape index (κ2) is 4.94. The molecule has 19 heavy (non-hydrogen) atoms. The highest BCUT2D eigenvalue weighted by atomic mass is 35.5. The van der Waals surface area contributed by atoms with Crippen molar-refractivity contribution in [3.05, 3.63) is 45.7 Å². The van der Waals surface area contributed by atoms with Gasteiger partial charge in [0.2, 0.25) is 0 Å². The number of halogens is 1. The molecular formula is C14H12ClNO2S. The lowest BCUT2D eigenvalue weighted by atomic mass is 10.1. The molecule has 0 saturated heterocycles. The maximum Gasteiger partial charge on any atom is 0.270 e. The van der Waals surface area contributed by atoms with Crippen molar-refractivity contribution in [2.75, 3.05) is 12.9 Å². The van der Waals surface area contributed by atoms with Crippen LogP contribution in [0.2, 0.25) is 5.02 Å². The zero-order valence-corrected chi connectivity index (χ0v) is 11.9. The maximum absolute atomic E-state index is 12.2. The van der Waals surface area contributed by atoms with Gasteiger partial charge in [0.25, 0.3) is 5.56 Å². The van der Waals surface area contributed by atoms with Crippen molar-refractivity contribution in [2.45, 2.75) is 11.6 Å². The minimum absolute atomic E-state index is 0.102. The van der Waals surface area contributed by atoms with Gasteiger partial charge in [-0.15, -0.1) is 11.8 Å². The van der Waals surface area contributed by atoms with Gasteiger partial charge in [0, 0.05) is 17.9 Å². The number of hydrogen-bond acceptors (Lipinski definition) is 3. The van der Waals surface area contributed by atoms with Gasteiger partial charge >= 0.3 is 0 Å². The molecule has 2 aromatic rings. The fraction of sp³-hybridized carbons (Fsp3) is 0.214. The van der Waals surface area contributed by atoms with E-state index in [-0.39, 0.29) is 10.6 Å². The van der Waals surface area contributed by atoms with Gasteiger partial charge in [-0.05, 0) is 23.8 Å². The Labute approximate surface area is 120 Å². The predicted molar refractivity (Wildman–Crippen MR) is 78.4 cm³/mol. The number of ether oxygens (including phenoxy) is 1. The quantitative estimate of drug-likeness (QED) is 0.851. The highest BCUT2D eigenvalue weighted by molar-refractivity contribution is 7.99. The molecule has 1 aromatic heterocycles. The van der Waals surface area contributed by atoms with Crippen molar-refractivity contribution in [3.8, 4) is 16.9 Å². The Balaban J connectivity index is 2.14. The summed E-state index contributed by atoms with van der Waals surface area (Å²) in [6, 6.07) is 9.54. The second-order valence-electron chi connectivity index (χ2n) is 4.24. The molecule has 0 fully saturated rings. The predicted octanol–water partition coefficient (Wildman–Crippen LogP) is 3.28. The SMILES string of the molecule is COc1ccc(-c2cc3n(c(=O)c2Cl)CCS3)cc1. The van der Waals surface area contributed by atoms with Crippen LogP contribution >= 0.6 is 23.4 Å². The number of nitrogens with zero attached hydrogens (tertiary/aromatic N) is 1. The molecule has 1 aliphatic rings. The van der Waals surface area contributed by atoms with Gasteiger partial charge in [0.15, 0.2) is 0 Å². The zero-order valence-electron chi connectivity index (χ0n) is 10.4. The van der Waals surface area contributed by atoms with Crippen LogP contribution in [0.5, 0.6) is 5.75 Å². The largest absolute Gasteiger partial charge is 0.497 e. The lowest BCUT2D eigenvalue weighted by Crippen LogP contribution is -2.19. The number of thioether (sulfide) groups is 1. The van der Waals surface area contributed by atoms with Gasteiger partial charge in [0.1, 0.15) is 10.8 Å². The summed E-state index contributed by atoms with van der Waals surface area (Å²) in [4.78, 5) is 12.2. The van der Waals surface area contributed by atoms with E-state index in [0.29, 0.717) is 0 Å². The molecular weight excluding hydrogens is 282 g/mol. The Morgan fingerprint density at radius 1 is 1.32 bits per heavy atom. The molecule has 3 nitrogen and oxygen atoms in total. The molecule has 0 saturated carbocycles. The summed E-state index contributed by atoms with van der Waals surface area (Å²) < 4.78 is 6.87. The number of fused-ring (bicyclic) bond motifs is 1. The Morgan fingerprint density at radius 3 is 2.74 bits per heavy atom. The minimum Gasteiger partial charge on any atom is -0.497 e. The van der Waals surface area contributed by atoms with Gasteiger partial charge in [-0.3, -0.25) is 4.79 Å². The van der Waals surface area contributed by atoms with Crippen molar-refractivity contribution in [3.63, 3.8) is 0 Å². The van der Waals surface area contributed by atoms with Crippen LogP contribution in [0.4, 0.5) is 0 Å². The van der Waals surface area contributed by atoms with E-state index in [2.05, 4.69) is 0 Å². The molecule has 1 aromatic carbocycles. The lowest BCUT2D eigenvalue weighted by molar-refractivity contribution is 0.415. The average molecular weight is 294 g/mol. The summed E-state index contributed by atoms with van der Waals surface area (Å²) in [6.45, 7) is 0.738. The molecule has 98 valence electrons. The Kier molecular flexibility index (Phi) is 3.29. The fourth-order valence-electron chi connectivity index (χ4n) is 2.15. The van der Waals surface area contributed by atoms with Crippen LogP contribution in [0.3, 0.4) is 0 Å². The van der Waals surface area contributed by atoms with Crippen LogP contribution in [0.15, 0.2) is 40.2 Å². The zero-order chi connectivity index (χ0) is 13.4. The monoisotopic (exact) mass is 293 g/mol. The van der Waals surface area contributed by atoms with Crippen LogP contribution in [0.25, 0.3) is 11.1 Å². The summed E-state index contributed by atoms with van der Waals surface area (Å²) in [5.74, 6) is 1.71. The van der Waals surface area contributed by atoms with Gasteiger partial charge in [-0.2, -0.15) is 0 Å². The summed E-state index contributed by atoms with van der Waals surface area (Å²) in [7, 11) is 1.63. The van der Waals surface area contributed by atoms with Gasteiger partial charge in [0.05, 0.1) is 12.1 Å². The first-order valence-corrected chi connectivity index (χ1v) is 7.27. The molecule has 0 N–H and O–H groups in total. The van der Waals surface area contributed by atoms with Crippen LogP contribution in [-0.2, 0) is 6.54 Å². The molecule has 0 atom stereocenters. The van der Waals surface area contributed by atoms with Crippen molar-refractivity contribution in [2.24, 2.45) is 0 Å². The number of rotatable bonds is 2. The number of methoxy groups -OCH3 is 1. The number of benzene rings is 1. The normalized spacial score (nSPS) is 13.4. The summed E-state index contributed by atoms with van der Waals surface area (Å²) in [5, 5.41) is 1.27. The molecule has 0 spiro atoms. The Morgan fingerprint density at radius 2 is 2.05 bits per heavy atom. The highest BCUT2D eigenvalue weighted by Crippen LogP contribution is 2.33. The third kappa shape index (κ3) is 2.15. The number of pyridine rings is 1. The van der Waals surface area contributed by atoms with Crippen molar-refractivity contribution < 1.29 is 4.74 Å². The van der Waals surface area contributed by atoms with Gasteiger partial charge < -0.3 is 9.30 Å². The Hall–Kier alpha value is -1.39. The minimum atomic E-state index is -0.102. The third-order valence-electron chi connectivity index (χ3n) is 3.17. The standard InChI is InChI=1S/C14H12ClNO2S/c1-18-10-4-2-9(3-5-10)11-8-12-16(6-7-19-12)14(17)13(11)15/h2-5,8H,6-7H2,1H3. The van der Waals surface area contributed by atoms with E-state index >= 15 is 0 Å². The van der Waals surface area contributed by atoms with E-state index in [1.54, 1.807) is 23.4 Å². The van der Waals surface area contributed by atoms with E-state index in [1.807, 2.05) is 30.3 Å². The molecule has 1 aliphatic heterocycles. The highest BCUT2D eigenvalue weighted by Gasteiger charge is 2.18. The van der Waals surface area contributed by atoms with E-state index in [1.165, 1.54) is 0 Å². The van der Waals surface area contributed by atoms with E-state index in [9.17, 15) is 4.79 Å². The van der Waals surface area contributed by atoms with Crippen LogP contribution in [0.1, 0.15) is 0 Å². The van der Waals surface area contributed by atoms with Gasteiger partial charge in [-0.1, -0.05) is 23.7 Å². The van der Waals surface area contributed by atoms with Crippen LogP contribution in [-0.4, -0.2) is 17.4 Å². The van der Waals surface area contributed by atoms with E-state index in [0.717, 1.165) is 34.2 Å². The number of aromatic nitrogens is 1. The van der Waals surface area contributed by atoms with Crippen molar-refractivity contribution >= 4 is 23.4 Å². The average Bonchev–Trinajstić information content (AvgIpc) is 2.91. The topological polar surface area (TPSA) is 31.2 Å². The molecule has 5 heteroatoms. The Bertz CT molecular complexity index is 679. The fourth-order valence-corrected chi connectivity index (χ4v) is 3.43. The maximum atomic E-state index is 12.2. The molecule has 0 bridgehead atoms.